The Morgan fingerprint density at radius 1 is 1.25 bits per heavy atom. The lowest BCUT2D eigenvalue weighted by molar-refractivity contribution is -0.140. The maximum Gasteiger partial charge on any atom is 0.233 e. The highest BCUT2D eigenvalue weighted by Gasteiger charge is 2.36. The molecule has 1 fully saturated rings. The van der Waals surface area contributed by atoms with E-state index in [-0.39, 0.29) is 17.7 Å². The van der Waals surface area contributed by atoms with E-state index in [0.717, 1.165) is 12.0 Å². The Labute approximate surface area is 95.1 Å². The van der Waals surface area contributed by atoms with Gasteiger partial charge in [-0.05, 0) is 12.0 Å². The van der Waals surface area contributed by atoms with Crippen molar-refractivity contribution in [2.45, 2.75) is 26.3 Å². The number of amides is 2. The molecular weight excluding hydrogens is 202 g/mol. The van der Waals surface area contributed by atoms with Gasteiger partial charge in [0.15, 0.2) is 0 Å². The number of nitrogens with zero attached hydrogens (tertiary/aromatic N) is 1. The van der Waals surface area contributed by atoms with E-state index in [1.165, 1.54) is 4.90 Å². The average Bonchev–Trinajstić information content (AvgIpc) is 2.58. The molecule has 2 amide bonds. The van der Waals surface area contributed by atoms with Crippen LogP contribution in [0.15, 0.2) is 30.3 Å². The van der Waals surface area contributed by atoms with Crippen LogP contribution in [0.3, 0.4) is 0 Å². The minimum Gasteiger partial charge on any atom is -0.278 e. The van der Waals surface area contributed by atoms with Crippen molar-refractivity contribution in [2.75, 3.05) is 0 Å². The molecule has 0 N–H and O–H groups in total. The van der Waals surface area contributed by atoms with Gasteiger partial charge in [0, 0.05) is 12.3 Å². The predicted octanol–water partition coefficient (Wildman–Crippen LogP) is 1.97. The van der Waals surface area contributed by atoms with Crippen LogP contribution < -0.4 is 0 Å². The number of hydrogen-bond acceptors (Lipinski definition) is 2. The number of benzene rings is 1. The molecule has 0 aromatic heterocycles. The molecule has 1 aliphatic rings. The predicted molar refractivity (Wildman–Crippen MR) is 60.4 cm³/mol. The summed E-state index contributed by atoms with van der Waals surface area (Å²) in [7, 11) is 0. The van der Waals surface area contributed by atoms with Crippen molar-refractivity contribution >= 4 is 11.8 Å². The molecule has 1 aromatic carbocycles. The van der Waals surface area contributed by atoms with E-state index < -0.39 is 0 Å². The van der Waals surface area contributed by atoms with Gasteiger partial charge in [0.2, 0.25) is 11.8 Å². The van der Waals surface area contributed by atoms with Crippen LogP contribution in [0.2, 0.25) is 0 Å². The van der Waals surface area contributed by atoms with Gasteiger partial charge >= 0.3 is 0 Å². The summed E-state index contributed by atoms with van der Waals surface area (Å²) in [4.78, 5) is 24.9. The Morgan fingerprint density at radius 2 is 1.94 bits per heavy atom. The third-order valence-electron chi connectivity index (χ3n) is 3.01. The second-order valence-corrected chi connectivity index (χ2v) is 4.11. The van der Waals surface area contributed by atoms with Gasteiger partial charge in [-0.25, -0.2) is 0 Å². The normalized spacial score (nSPS) is 20.6. The molecule has 0 bridgehead atoms. The van der Waals surface area contributed by atoms with Crippen LogP contribution in [0.1, 0.15) is 25.3 Å². The van der Waals surface area contributed by atoms with E-state index in [1.807, 2.05) is 37.3 Å². The largest absolute Gasteiger partial charge is 0.278 e. The number of likely N-dealkylation sites (tertiary alicyclic amines) is 1. The van der Waals surface area contributed by atoms with Crippen molar-refractivity contribution in [2.24, 2.45) is 5.92 Å². The van der Waals surface area contributed by atoms with Gasteiger partial charge in [0.05, 0.1) is 6.54 Å². The molecule has 0 saturated carbocycles. The van der Waals surface area contributed by atoms with Crippen LogP contribution in [-0.4, -0.2) is 16.7 Å². The molecule has 0 spiro atoms. The lowest BCUT2D eigenvalue weighted by Crippen LogP contribution is -2.29. The molecule has 16 heavy (non-hydrogen) atoms. The molecule has 2 rings (SSSR count). The van der Waals surface area contributed by atoms with Crippen LogP contribution in [0.4, 0.5) is 0 Å². The number of imide groups is 1. The smallest absolute Gasteiger partial charge is 0.233 e. The van der Waals surface area contributed by atoms with E-state index >= 15 is 0 Å². The zero-order valence-corrected chi connectivity index (χ0v) is 9.35. The molecule has 0 aliphatic carbocycles. The van der Waals surface area contributed by atoms with Gasteiger partial charge in [-0.2, -0.15) is 0 Å². The van der Waals surface area contributed by atoms with E-state index in [1.54, 1.807) is 0 Å². The van der Waals surface area contributed by atoms with Gasteiger partial charge in [-0.1, -0.05) is 37.3 Å². The number of carbonyl (C=O) groups is 2. The summed E-state index contributed by atoms with van der Waals surface area (Å²) in [5.74, 6) is -0.159. The second kappa shape index (κ2) is 4.47. The number of rotatable bonds is 3. The summed E-state index contributed by atoms with van der Waals surface area (Å²) in [6.45, 7) is 2.36. The zero-order valence-electron chi connectivity index (χ0n) is 9.35. The first-order valence-corrected chi connectivity index (χ1v) is 5.60. The second-order valence-electron chi connectivity index (χ2n) is 4.11. The Morgan fingerprint density at radius 3 is 2.50 bits per heavy atom. The highest BCUT2D eigenvalue weighted by Crippen LogP contribution is 2.23. The standard InChI is InChI=1S/C13H15NO2/c1-2-11-8-12(15)14(13(11)16)9-10-6-4-3-5-7-10/h3-7,11H,2,8-9H2,1H3/t11-/m1/s1. The maximum atomic E-state index is 11.9. The Hall–Kier alpha value is -1.64. The zero-order chi connectivity index (χ0) is 11.5. The first-order valence-electron chi connectivity index (χ1n) is 5.60. The minimum atomic E-state index is -0.101. The average molecular weight is 217 g/mol. The van der Waals surface area contributed by atoms with Crippen LogP contribution in [0.25, 0.3) is 0 Å². The van der Waals surface area contributed by atoms with Crippen LogP contribution >= 0.6 is 0 Å². The molecule has 1 heterocycles. The van der Waals surface area contributed by atoms with E-state index in [4.69, 9.17) is 0 Å². The molecular formula is C13H15NO2. The highest BCUT2D eigenvalue weighted by atomic mass is 16.2. The van der Waals surface area contributed by atoms with Crippen molar-refractivity contribution in [1.82, 2.24) is 4.90 Å². The molecule has 1 saturated heterocycles. The Kier molecular flexibility index (Phi) is 3.04. The van der Waals surface area contributed by atoms with Crippen LogP contribution in [0.5, 0.6) is 0 Å². The van der Waals surface area contributed by atoms with Crippen molar-refractivity contribution in [3.05, 3.63) is 35.9 Å². The maximum absolute atomic E-state index is 11.9. The van der Waals surface area contributed by atoms with Crippen molar-refractivity contribution in [3.63, 3.8) is 0 Å². The summed E-state index contributed by atoms with van der Waals surface area (Å²) in [6, 6.07) is 9.61. The van der Waals surface area contributed by atoms with Crippen LogP contribution in [0, 0.1) is 5.92 Å². The summed E-state index contributed by atoms with van der Waals surface area (Å²) >= 11 is 0. The summed E-state index contributed by atoms with van der Waals surface area (Å²) in [5.41, 5.74) is 1.00. The molecule has 1 atom stereocenters. The van der Waals surface area contributed by atoms with Crippen molar-refractivity contribution in [1.29, 1.82) is 0 Å². The van der Waals surface area contributed by atoms with E-state index in [2.05, 4.69) is 0 Å². The van der Waals surface area contributed by atoms with Gasteiger partial charge in [0.25, 0.3) is 0 Å². The fraction of sp³-hybridized carbons (Fsp3) is 0.385. The number of hydrogen-bond donors (Lipinski definition) is 0. The summed E-state index contributed by atoms with van der Waals surface area (Å²) < 4.78 is 0. The molecule has 3 nitrogen and oxygen atoms in total. The third-order valence-corrected chi connectivity index (χ3v) is 3.01. The van der Waals surface area contributed by atoms with E-state index in [0.29, 0.717) is 13.0 Å². The fourth-order valence-electron chi connectivity index (χ4n) is 2.00. The van der Waals surface area contributed by atoms with E-state index in [9.17, 15) is 9.59 Å². The van der Waals surface area contributed by atoms with Gasteiger partial charge in [-0.3, -0.25) is 14.5 Å². The van der Waals surface area contributed by atoms with Crippen molar-refractivity contribution < 1.29 is 9.59 Å². The fourth-order valence-corrected chi connectivity index (χ4v) is 2.00. The minimum absolute atomic E-state index is 0.0173. The molecule has 1 aliphatic heterocycles. The number of carbonyl (C=O) groups excluding carboxylic acids is 2. The molecule has 0 unspecified atom stereocenters. The van der Waals surface area contributed by atoms with Crippen LogP contribution in [-0.2, 0) is 16.1 Å². The lowest BCUT2D eigenvalue weighted by atomic mass is 10.1. The first-order chi connectivity index (χ1) is 7.72. The Balaban J connectivity index is 2.11. The van der Waals surface area contributed by atoms with Crippen molar-refractivity contribution in [3.8, 4) is 0 Å². The monoisotopic (exact) mass is 217 g/mol. The SMILES string of the molecule is CC[C@@H]1CC(=O)N(Cc2ccccc2)C1=O. The van der Waals surface area contributed by atoms with Gasteiger partial charge in [-0.15, -0.1) is 0 Å². The topological polar surface area (TPSA) is 37.4 Å². The third kappa shape index (κ3) is 1.98. The van der Waals surface area contributed by atoms with Gasteiger partial charge in [0.1, 0.15) is 0 Å². The summed E-state index contributed by atoms with van der Waals surface area (Å²) in [5, 5.41) is 0. The Bertz CT molecular complexity index is 400. The molecule has 84 valence electrons. The molecule has 3 heteroatoms. The highest BCUT2D eigenvalue weighted by molar-refractivity contribution is 6.03. The first kappa shape index (κ1) is 10.9. The molecule has 1 aromatic rings. The van der Waals surface area contributed by atoms with Gasteiger partial charge < -0.3 is 0 Å². The lowest BCUT2D eigenvalue weighted by Gasteiger charge is -2.14. The summed E-state index contributed by atoms with van der Waals surface area (Å²) in [6.07, 6.45) is 1.12. The quantitative estimate of drug-likeness (QED) is 0.726. The molecule has 0 radical (unpaired) electrons.